The first kappa shape index (κ1) is 14.4. The Kier molecular flexibility index (Phi) is 5.89. The SMILES string of the molecule is BrCc1ccc(-c2ccc(CBr)cc2)cc1.O. The summed E-state index contributed by atoms with van der Waals surface area (Å²) in [6.07, 6.45) is 0. The summed E-state index contributed by atoms with van der Waals surface area (Å²) in [5, 5.41) is 1.83. The van der Waals surface area contributed by atoms with Gasteiger partial charge in [0.1, 0.15) is 0 Å². The van der Waals surface area contributed by atoms with Crippen molar-refractivity contribution in [2.75, 3.05) is 0 Å². The Balaban J connectivity index is 0.00000144. The van der Waals surface area contributed by atoms with Crippen LogP contribution in [0, 0.1) is 0 Å². The highest BCUT2D eigenvalue weighted by atomic mass is 79.9. The van der Waals surface area contributed by atoms with Gasteiger partial charge in [0.25, 0.3) is 0 Å². The van der Waals surface area contributed by atoms with Crippen molar-refractivity contribution in [2.24, 2.45) is 0 Å². The van der Waals surface area contributed by atoms with E-state index in [1.807, 2.05) is 0 Å². The fourth-order valence-corrected chi connectivity index (χ4v) is 2.32. The predicted molar refractivity (Wildman–Crippen MR) is 80.8 cm³/mol. The molecule has 17 heavy (non-hydrogen) atoms. The highest BCUT2D eigenvalue weighted by Crippen LogP contribution is 2.21. The molecule has 0 atom stereocenters. The predicted octanol–water partition coefficient (Wildman–Crippen LogP) is 4.32. The molecule has 3 heteroatoms. The lowest BCUT2D eigenvalue weighted by Crippen LogP contribution is -1.81. The van der Waals surface area contributed by atoms with E-state index in [2.05, 4.69) is 80.4 Å². The van der Waals surface area contributed by atoms with Crippen molar-refractivity contribution in [3.8, 4) is 11.1 Å². The zero-order chi connectivity index (χ0) is 11.4. The second-order valence-electron chi connectivity index (χ2n) is 3.66. The summed E-state index contributed by atoms with van der Waals surface area (Å²) in [6, 6.07) is 17.3. The minimum atomic E-state index is 0. The Hall–Kier alpha value is -0.640. The first-order chi connectivity index (χ1) is 7.83. The van der Waals surface area contributed by atoms with E-state index in [0.29, 0.717) is 0 Å². The lowest BCUT2D eigenvalue weighted by molar-refractivity contribution is 0.824. The minimum Gasteiger partial charge on any atom is -0.412 e. The average Bonchev–Trinajstić information content (AvgIpc) is 2.39. The van der Waals surface area contributed by atoms with Crippen LogP contribution < -0.4 is 0 Å². The van der Waals surface area contributed by atoms with E-state index in [9.17, 15) is 0 Å². The molecule has 0 aromatic heterocycles. The van der Waals surface area contributed by atoms with Gasteiger partial charge in [-0.2, -0.15) is 0 Å². The molecule has 0 bridgehead atoms. The van der Waals surface area contributed by atoms with Crippen molar-refractivity contribution in [2.45, 2.75) is 10.7 Å². The molecule has 0 amide bonds. The van der Waals surface area contributed by atoms with Crippen molar-refractivity contribution in [1.82, 2.24) is 0 Å². The second kappa shape index (κ2) is 6.94. The zero-order valence-corrected chi connectivity index (χ0v) is 12.5. The van der Waals surface area contributed by atoms with Gasteiger partial charge in [0.15, 0.2) is 0 Å². The van der Waals surface area contributed by atoms with Crippen LogP contribution in [0.25, 0.3) is 11.1 Å². The number of benzene rings is 2. The third-order valence-corrected chi connectivity index (χ3v) is 3.84. The number of hydrogen-bond donors (Lipinski definition) is 0. The summed E-state index contributed by atoms with van der Waals surface area (Å²) in [6.45, 7) is 0. The monoisotopic (exact) mass is 356 g/mol. The molecule has 2 aromatic carbocycles. The van der Waals surface area contributed by atoms with Crippen LogP contribution >= 0.6 is 31.9 Å². The molecule has 2 N–H and O–H groups in total. The van der Waals surface area contributed by atoms with Gasteiger partial charge in [-0.15, -0.1) is 0 Å². The maximum Gasteiger partial charge on any atom is 0.0283 e. The molecular weight excluding hydrogens is 344 g/mol. The van der Waals surface area contributed by atoms with Crippen molar-refractivity contribution < 1.29 is 5.48 Å². The van der Waals surface area contributed by atoms with Crippen LogP contribution in [0.5, 0.6) is 0 Å². The van der Waals surface area contributed by atoms with Gasteiger partial charge in [-0.05, 0) is 22.3 Å². The molecule has 2 aromatic rings. The fraction of sp³-hybridized carbons (Fsp3) is 0.143. The summed E-state index contributed by atoms with van der Waals surface area (Å²) < 4.78 is 0. The molecule has 90 valence electrons. The normalized spacial score (nSPS) is 9.76. The largest absolute Gasteiger partial charge is 0.412 e. The summed E-state index contributed by atoms with van der Waals surface area (Å²) >= 11 is 6.90. The molecule has 0 unspecified atom stereocenters. The number of hydrogen-bond acceptors (Lipinski definition) is 0. The van der Waals surface area contributed by atoms with E-state index in [-0.39, 0.29) is 5.48 Å². The molecule has 0 aliphatic rings. The molecule has 2 rings (SSSR count). The van der Waals surface area contributed by atoms with Gasteiger partial charge in [0.2, 0.25) is 0 Å². The number of rotatable bonds is 3. The van der Waals surface area contributed by atoms with Crippen molar-refractivity contribution in [3.05, 3.63) is 59.7 Å². The van der Waals surface area contributed by atoms with Crippen LogP contribution in [0.15, 0.2) is 48.5 Å². The topological polar surface area (TPSA) is 31.5 Å². The van der Waals surface area contributed by atoms with E-state index in [0.717, 1.165) is 10.7 Å². The summed E-state index contributed by atoms with van der Waals surface area (Å²) in [4.78, 5) is 0. The van der Waals surface area contributed by atoms with Gasteiger partial charge in [0.05, 0.1) is 0 Å². The highest BCUT2D eigenvalue weighted by Gasteiger charge is 1.98. The Morgan fingerprint density at radius 2 is 0.882 bits per heavy atom. The standard InChI is InChI=1S/C14H12Br2.H2O/c15-9-11-1-5-13(6-2-11)14-7-3-12(10-16)4-8-14;/h1-8H,9-10H2;1H2. The molecule has 0 spiro atoms. The van der Waals surface area contributed by atoms with Gasteiger partial charge < -0.3 is 5.48 Å². The minimum absolute atomic E-state index is 0. The first-order valence-corrected chi connectivity index (χ1v) is 7.38. The molecule has 0 heterocycles. The van der Waals surface area contributed by atoms with E-state index in [4.69, 9.17) is 0 Å². The van der Waals surface area contributed by atoms with Gasteiger partial charge in [-0.1, -0.05) is 80.4 Å². The van der Waals surface area contributed by atoms with E-state index >= 15 is 0 Å². The number of alkyl halides is 2. The Bertz CT molecular complexity index is 403. The van der Waals surface area contributed by atoms with Gasteiger partial charge >= 0.3 is 0 Å². The van der Waals surface area contributed by atoms with Crippen molar-refractivity contribution in [1.29, 1.82) is 0 Å². The third kappa shape index (κ3) is 3.66. The molecule has 0 saturated carbocycles. The molecule has 0 fully saturated rings. The fourth-order valence-electron chi connectivity index (χ4n) is 1.57. The molecular formula is C14H14Br2O. The van der Waals surface area contributed by atoms with Crippen LogP contribution in [0.4, 0.5) is 0 Å². The van der Waals surface area contributed by atoms with Crippen LogP contribution in [0.3, 0.4) is 0 Å². The molecule has 1 nitrogen and oxygen atoms in total. The highest BCUT2D eigenvalue weighted by molar-refractivity contribution is 9.08. The maximum atomic E-state index is 3.45. The van der Waals surface area contributed by atoms with Crippen LogP contribution in [0.2, 0.25) is 0 Å². The van der Waals surface area contributed by atoms with E-state index < -0.39 is 0 Å². The van der Waals surface area contributed by atoms with Crippen LogP contribution in [-0.2, 0) is 10.7 Å². The first-order valence-electron chi connectivity index (χ1n) is 5.13. The quantitative estimate of drug-likeness (QED) is 0.732. The average molecular weight is 358 g/mol. The third-order valence-electron chi connectivity index (χ3n) is 2.55. The smallest absolute Gasteiger partial charge is 0.0283 e. The lowest BCUT2D eigenvalue weighted by Gasteiger charge is -2.03. The Morgan fingerprint density at radius 3 is 1.12 bits per heavy atom. The lowest BCUT2D eigenvalue weighted by atomic mass is 10.0. The summed E-state index contributed by atoms with van der Waals surface area (Å²) in [5.74, 6) is 0. The summed E-state index contributed by atoms with van der Waals surface area (Å²) in [7, 11) is 0. The molecule has 0 saturated heterocycles. The number of halogens is 2. The molecule has 0 aliphatic carbocycles. The van der Waals surface area contributed by atoms with E-state index in [1.54, 1.807) is 0 Å². The molecule has 0 aliphatic heterocycles. The zero-order valence-electron chi connectivity index (χ0n) is 9.29. The Morgan fingerprint density at radius 1 is 0.588 bits per heavy atom. The van der Waals surface area contributed by atoms with Gasteiger partial charge in [-0.3, -0.25) is 0 Å². The van der Waals surface area contributed by atoms with Crippen molar-refractivity contribution >= 4 is 31.9 Å². The van der Waals surface area contributed by atoms with Crippen LogP contribution in [0.1, 0.15) is 11.1 Å². The maximum absolute atomic E-state index is 3.45. The van der Waals surface area contributed by atoms with Gasteiger partial charge in [0, 0.05) is 10.7 Å². The van der Waals surface area contributed by atoms with Gasteiger partial charge in [-0.25, -0.2) is 0 Å². The van der Waals surface area contributed by atoms with Crippen molar-refractivity contribution in [3.63, 3.8) is 0 Å². The Labute approximate surface area is 118 Å². The summed E-state index contributed by atoms with van der Waals surface area (Å²) in [5.41, 5.74) is 5.15. The van der Waals surface area contributed by atoms with Crippen LogP contribution in [-0.4, -0.2) is 5.48 Å². The second-order valence-corrected chi connectivity index (χ2v) is 4.78. The van der Waals surface area contributed by atoms with E-state index in [1.165, 1.54) is 22.3 Å². The molecule has 0 radical (unpaired) electrons.